The van der Waals surface area contributed by atoms with E-state index in [1.807, 2.05) is 23.0 Å². The molecule has 22 heavy (non-hydrogen) atoms. The molecule has 1 saturated carbocycles. The number of anilines is 1. The minimum Gasteiger partial charge on any atom is -0.508 e. The van der Waals surface area contributed by atoms with Crippen molar-refractivity contribution in [3.05, 3.63) is 36.2 Å². The van der Waals surface area contributed by atoms with Gasteiger partial charge in [0.25, 0.3) is 0 Å². The lowest BCUT2D eigenvalue weighted by molar-refractivity contribution is 0.430. The van der Waals surface area contributed by atoms with E-state index in [1.165, 1.54) is 37.8 Å². The fourth-order valence-corrected chi connectivity index (χ4v) is 3.27. The summed E-state index contributed by atoms with van der Waals surface area (Å²) >= 11 is 0. The van der Waals surface area contributed by atoms with Gasteiger partial charge in [0.2, 0.25) is 0 Å². The normalized spacial score (nSPS) is 15.9. The van der Waals surface area contributed by atoms with Gasteiger partial charge in [0.1, 0.15) is 5.75 Å². The Morgan fingerprint density at radius 2 is 1.91 bits per heavy atom. The van der Waals surface area contributed by atoms with Gasteiger partial charge in [0.15, 0.2) is 0 Å². The van der Waals surface area contributed by atoms with Crippen molar-refractivity contribution in [2.24, 2.45) is 5.73 Å². The molecule has 0 saturated heterocycles. The second-order valence-electron chi connectivity index (χ2n) is 5.92. The van der Waals surface area contributed by atoms with Crippen molar-refractivity contribution in [1.29, 1.82) is 0 Å². The molecule has 0 unspecified atom stereocenters. The summed E-state index contributed by atoms with van der Waals surface area (Å²) in [6.07, 6.45) is 8.20. The topological polar surface area (TPSA) is 76.1 Å². The van der Waals surface area contributed by atoms with Gasteiger partial charge < -0.3 is 16.2 Å². The maximum Gasteiger partial charge on any atom is 0.115 e. The van der Waals surface area contributed by atoms with Gasteiger partial charge in [-0.3, -0.25) is 0 Å². The van der Waals surface area contributed by atoms with E-state index in [9.17, 15) is 5.11 Å². The summed E-state index contributed by atoms with van der Waals surface area (Å²) in [6, 6.07) is 7.21. The molecule has 5 nitrogen and oxygen atoms in total. The number of benzene rings is 1. The fraction of sp³-hybridized carbons (Fsp3) is 0.471. The first kappa shape index (κ1) is 14.9. The van der Waals surface area contributed by atoms with Gasteiger partial charge in [-0.15, -0.1) is 0 Å². The van der Waals surface area contributed by atoms with Crippen molar-refractivity contribution in [2.45, 2.75) is 38.0 Å². The quantitative estimate of drug-likeness (QED) is 0.793. The summed E-state index contributed by atoms with van der Waals surface area (Å²) in [5.41, 5.74) is 8.94. The van der Waals surface area contributed by atoms with E-state index < -0.39 is 0 Å². The Morgan fingerprint density at radius 3 is 2.59 bits per heavy atom. The summed E-state index contributed by atoms with van der Waals surface area (Å²) in [7, 11) is 0. The molecule has 1 fully saturated rings. The number of nitrogens with zero attached hydrogens (tertiary/aromatic N) is 2. The first-order chi connectivity index (χ1) is 10.8. The Hall–Kier alpha value is -2.01. The second-order valence-corrected chi connectivity index (χ2v) is 5.92. The Morgan fingerprint density at radius 1 is 1.18 bits per heavy atom. The summed E-state index contributed by atoms with van der Waals surface area (Å²) in [5, 5.41) is 17.5. The largest absolute Gasteiger partial charge is 0.508 e. The Balaban J connectivity index is 1.97. The monoisotopic (exact) mass is 300 g/mol. The summed E-state index contributed by atoms with van der Waals surface area (Å²) in [6.45, 7) is 1.36. The molecule has 1 aromatic heterocycles. The van der Waals surface area contributed by atoms with Crippen LogP contribution in [0, 0.1) is 0 Å². The van der Waals surface area contributed by atoms with Crippen LogP contribution < -0.4 is 11.1 Å². The SMILES string of the molecule is NCCNc1cnn(-c2ccc(O)cc2)c1C1CCCCC1. The molecule has 0 spiro atoms. The molecular formula is C17H24N4O. The number of nitrogens with two attached hydrogens (primary N) is 1. The highest BCUT2D eigenvalue weighted by molar-refractivity contribution is 5.52. The fourth-order valence-electron chi connectivity index (χ4n) is 3.27. The van der Waals surface area contributed by atoms with Crippen LogP contribution in [0.5, 0.6) is 5.75 Å². The zero-order chi connectivity index (χ0) is 15.4. The summed E-state index contributed by atoms with van der Waals surface area (Å²) < 4.78 is 2.01. The van der Waals surface area contributed by atoms with Crippen LogP contribution in [0.3, 0.4) is 0 Å². The number of nitrogens with one attached hydrogen (secondary N) is 1. The number of aromatic hydroxyl groups is 1. The lowest BCUT2D eigenvalue weighted by Gasteiger charge is -2.24. The smallest absolute Gasteiger partial charge is 0.115 e. The minimum absolute atomic E-state index is 0.275. The second kappa shape index (κ2) is 6.83. The number of phenolic OH excluding ortho intramolecular Hbond substituents is 1. The molecule has 0 bridgehead atoms. The number of phenols is 1. The molecule has 5 heteroatoms. The molecule has 0 aliphatic heterocycles. The van der Waals surface area contributed by atoms with E-state index in [0.717, 1.165) is 17.9 Å². The summed E-state index contributed by atoms with van der Waals surface area (Å²) in [5.74, 6) is 0.807. The molecule has 0 atom stereocenters. The van der Waals surface area contributed by atoms with Crippen molar-refractivity contribution >= 4 is 5.69 Å². The van der Waals surface area contributed by atoms with Crippen LogP contribution in [-0.2, 0) is 0 Å². The highest BCUT2D eigenvalue weighted by atomic mass is 16.3. The van der Waals surface area contributed by atoms with Gasteiger partial charge >= 0.3 is 0 Å². The van der Waals surface area contributed by atoms with Gasteiger partial charge in [-0.25, -0.2) is 4.68 Å². The molecule has 3 rings (SSSR count). The molecule has 0 amide bonds. The van der Waals surface area contributed by atoms with Crippen molar-refractivity contribution in [3.8, 4) is 11.4 Å². The lowest BCUT2D eigenvalue weighted by atomic mass is 9.86. The third kappa shape index (κ3) is 3.09. The zero-order valence-corrected chi connectivity index (χ0v) is 12.8. The molecule has 1 aromatic carbocycles. The minimum atomic E-state index is 0.275. The van der Waals surface area contributed by atoms with E-state index in [1.54, 1.807) is 12.1 Å². The van der Waals surface area contributed by atoms with E-state index in [-0.39, 0.29) is 5.75 Å². The van der Waals surface area contributed by atoms with Gasteiger partial charge in [0, 0.05) is 19.0 Å². The molecule has 1 heterocycles. The van der Waals surface area contributed by atoms with E-state index in [0.29, 0.717) is 12.5 Å². The highest BCUT2D eigenvalue weighted by Gasteiger charge is 2.23. The van der Waals surface area contributed by atoms with Crippen LogP contribution in [0.2, 0.25) is 0 Å². The first-order valence-corrected chi connectivity index (χ1v) is 8.11. The predicted molar refractivity (Wildman–Crippen MR) is 88.6 cm³/mol. The molecule has 118 valence electrons. The Bertz CT molecular complexity index is 600. The standard InChI is InChI=1S/C17H24N4O/c18-10-11-19-16-12-20-21(14-6-8-15(22)9-7-14)17(16)13-4-2-1-3-5-13/h6-9,12-13,19,22H,1-5,10-11,18H2. The average Bonchev–Trinajstić information content (AvgIpc) is 2.98. The molecule has 1 aliphatic carbocycles. The van der Waals surface area contributed by atoms with Crippen LogP contribution in [0.25, 0.3) is 5.69 Å². The summed E-state index contributed by atoms with van der Waals surface area (Å²) in [4.78, 5) is 0. The van der Waals surface area contributed by atoms with Crippen molar-refractivity contribution in [1.82, 2.24) is 9.78 Å². The third-order valence-corrected chi connectivity index (χ3v) is 4.35. The third-order valence-electron chi connectivity index (χ3n) is 4.35. The highest BCUT2D eigenvalue weighted by Crippen LogP contribution is 2.37. The van der Waals surface area contributed by atoms with Crippen LogP contribution in [0.1, 0.15) is 43.7 Å². The van der Waals surface area contributed by atoms with E-state index in [4.69, 9.17) is 5.73 Å². The Kier molecular flexibility index (Phi) is 4.63. The average molecular weight is 300 g/mol. The molecule has 1 aliphatic rings. The van der Waals surface area contributed by atoms with Crippen molar-refractivity contribution < 1.29 is 5.11 Å². The van der Waals surface area contributed by atoms with Crippen LogP contribution in [0.4, 0.5) is 5.69 Å². The van der Waals surface area contributed by atoms with Crippen molar-refractivity contribution in [2.75, 3.05) is 18.4 Å². The molecule has 4 N–H and O–H groups in total. The number of hydrogen-bond acceptors (Lipinski definition) is 4. The van der Waals surface area contributed by atoms with E-state index >= 15 is 0 Å². The first-order valence-electron chi connectivity index (χ1n) is 8.11. The maximum atomic E-state index is 9.49. The lowest BCUT2D eigenvalue weighted by Crippen LogP contribution is -2.16. The molecule has 2 aromatic rings. The van der Waals surface area contributed by atoms with Gasteiger partial charge in [-0.05, 0) is 37.1 Å². The Labute approximate surface area is 131 Å². The van der Waals surface area contributed by atoms with E-state index in [2.05, 4.69) is 10.4 Å². The van der Waals surface area contributed by atoms with Crippen LogP contribution in [0.15, 0.2) is 30.5 Å². The van der Waals surface area contributed by atoms with Gasteiger partial charge in [0.05, 0.1) is 23.3 Å². The number of aromatic nitrogens is 2. The molecule has 0 radical (unpaired) electrons. The molecular weight excluding hydrogens is 276 g/mol. The zero-order valence-electron chi connectivity index (χ0n) is 12.8. The van der Waals surface area contributed by atoms with Crippen molar-refractivity contribution in [3.63, 3.8) is 0 Å². The maximum absolute atomic E-state index is 9.49. The van der Waals surface area contributed by atoms with Crippen LogP contribution >= 0.6 is 0 Å². The van der Waals surface area contributed by atoms with Gasteiger partial charge in [-0.1, -0.05) is 19.3 Å². The number of hydrogen-bond donors (Lipinski definition) is 3. The predicted octanol–water partition coefficient (Wildman–Crippen LogP) is 3.00. The number of rotatable bonds is 5. The van der Waals surface area contributed by atoms with Crippen LogP contribution in [-0.4, -0.2) is 28.0 Å². The van der Waals surface area contributed by atoms with Gasteiger partial charge in [-0.2, -0.15) is 5.10 Å².